The predicted octanol–water partition coefficient (Wildman–Crippen LogP) is 4.08. The van der Waals surface area contributed by atoms with Crippen molar-refractivity contribution in [3.63, 3.8) is 0 Å². The SMILES string of the molecule is C#CC#CC#CC(CCCCCC)COCNS(=O)(=O)c1ccc2nc(C)sc2c1. The van der Waals surface area contributed by atoms with Crippen LogP contribution in [-0.4, -0.2) is 26.7 Å². The number of aromatic nitrogens is 1. The van der Waals surface area contributed by atoms with E-state index < -0.39 is 10.0 Å². The first kappa shape index (κ1) is 23.9. The van der Waals surface area contributed by atoms with E-state index in [-0.39, 0.29) is 17.5 Å². The molecule has 158 valence electrons. The van der Waals surface area contributed by atoms with Gasteiger partial charge in [0, 0.05) is 5.92 Å². The number of benzene rings is 1. The van der Waals surface area contributed by atoms with Crippen LogP contribution in [0.5, 0.6) is 0 Å². The second kappa shape index (κ2) is 12.4. The van der Waals surface area contributed by atoms with Gasteiger partial charge >= 0.3 is 0 Å². The molecule has 5 nitrogen and oxygen atoms in total. The lowest BCUT2D eigenvalue weighted by molar-refractivity contribution is 0.109. The maximum Gasteiger partial charge on any atom is 0.242 e. The fourth-order valence-electron chi connectivity index (χ4n) is 2.81. The molecule has 0 amide bonds. The number of hydrogen-bond donors (Lipinski definition) is 1. The Bertz CT molecular complexity index is 1110. The second-order valence-corrected chi connectivity index (χ2v) is 9.74. The molecule has 1 unspecified atom stereocenters. The Labute approximate surface area is 183 Å². The van der Waals surface area contributed by atoms with Crippen molar-refractivity contribution in [3.05, 3.63) is 23.2 Å². The molecule has 1 atom stereocenters. The maximum atomic E-state index is 12.5. The van der Waals surface area contributed by atoms with Crippen LogP contribution in [0.2, 0.25) is 0 Å². The Morgan fingerprint density at radius 2 is 2.07 bits per heavy atom. The molecule has 1 aromatic carbocycles. The van der Waals surface area contributed by atoms with Gasteiger partial charge in [-0.15, -0.1) is 17.8 Å². The highest BCUT2D eigenvalue weighted by atomic mass is 32.2. The zero-order chi connectivity index (χ0) is 21.8. The van der Waals surface area contributed by atoms with Gasteiger partial charge in [0.25, 0.3) is 0 Å². The average Bonchev–Trinajstić information content (AvgIpc) is 3.10. The zero-order valence-electron chi connectivity index (χ0n) is 17.3. The van der Waals surface area contributed by atoms with E-state index in [4.69, 9.17) is 11.2 Å². The topological polar surface area (TPSA) is 68.3 Å². The summed E-state index contributed by atoms with van der Waals surface area (Å²) < 4.78 is 34.0. The monoisotopic (exact) mass is 442 g/mol. The molecule has 2 aromatic rings. The lowest BCUT2D eigenvalue weighted by Gasteiger charge is -2.12. The van der Waals surface area contributed by atoms with E-state index in [2.05, 4.69) is 46.2 Å². The van der Waals surface area contributed by atoms with Crippen molar-refractivity contribution in [1.82, 2.24) is 9.71 Å². The average molecular weight is 443 g/mol. The number of ether oxygens (including phenoxy) is 1. The molecule has 1 aromatic heterocycles. The fourth-order valence-corrected chi connectivity index (χ4v) is 4.68. The summed E-state index contributed by atoms with van der Waals surface area (Å²) in [5.41, 5.74) is 0.796. The van der Waals surface area contributed by atoms with Crippen LogP contribution in [0.25, 0.3) is 10.2 Å². The summed E-state index contributed by atoms with van der Waals surface area (Å²) in [4.78, 5) is 4.55. The molecule has 0 bridgehead atoms. The largest absolute Gasteiger partial charge is 0.364 e. The van der Waals surface area contributed by atoms with E-state index in [0.717, 1.165) is 40.9 Å². The second-order valence-electron chi connectivity index (χ2n) is 6.74. The Kier molecular flexibility index (Phi) is 9.87. The normalized spacial score (nSPS) is 11.8. The molecule has 0 saturated heterocycles. The lowest BCUT2D eigenvalue weighted by Crippen LogP contribution is -2.27. The van der Waals surface area contributed by atoms with Gasteiger partial charge in [-0.05, 0) is 55.2 Å². The highest BCUT2D eigenvalue weighted by molar-refractivity contribution is 7.89. The molecular weight excluding hydrogens is 416 g/mol. The number of terminal acetylenes is 1. The van der Waals surface area contributed by atoms with Crippen molar-refractivity contribution in [2.45, 2.75) is 50.8 Å². The first-order chi connectivity index (χ1) is 14.5. The fraction of sp³-hybridized carbons (Fsp3) is 0.435. The summed E-state index contributed by atoms with van der Waals surface area (Å²) in [6.45, 7) is 4.26. The minimum Gasteiger partial charge on any atom is -0.364 e. The van der Waals surface area contributed by atoms with Gasteiger partial charge in [0.05, 0.1) is 26.7 Å². The molecule has 30 heavy (non-hydrogen) atoms. The summed E-state index contributed by atoms with van der Waals surface area (Å²) in [7, 11) is -3.67. The van der Waals surface area contributed by atoms with Crippen LogP contribution in [0.4, 0.5) is 0 Å². The molecular formula is C23H26N2O3S2. The third kappa shape index (κ3) is 7.82. The van der Waals surface area contributed by atoms with Gasteiger partial charge in [0.15, 0.2) is 0 Å². The number of nitrogens with one attached hydrogen (secondary N) is 1. The van der Waals surface area contributed by atoms with Crippen molar-refractivity contribution in [2.24, 2.45) is 5.92 Å². The number of nitrogens with zero attached hydrogens (tertiary/aromatic N) is 1. The zero-order valence-corrected chi connectivity index (χ0v) is 19.0. The standard InChI is InChI=1S/C23H26N2O3S2/c1-4-6-8-10-12-20(13-11-9-7-5-2)17-28-18-24-30(26,27)21-14-15-22-23(16-21)29-19(3)25-22/h1,14-16,20,24H,5,7,9,11,13,17-18H2,2-3H3. The predicted molar refractivity (Wildman–Crippen MR) is 122 cm³/mol. The van der Waals surface area contributed by atoms with Crippen molar-refractivity contribution in [3.8, 4) is 36.0 Å². The van der Waals surface area contributed by atoms with E-state index in [9.17, 15) is 8.42 Å². The molecule has 7 heteroatoms. The Morgan fingerprint density at radius 3 is 2.83 bits per heavy atom. The molecule has 0 aliphatic rings. The quantitative estimate of drug-likeness (QED) is 0.323. The number of hydrogen-bond acceptors (Lipinski definition) is 5. The van der Waals surface area contributed by atoms with Crippen molar-refractivity contribution >= 4 is 31.6 Å². The summed E-state index contributed by atoms with van der Waals surface area (Å²) in [5.74, 6) is 13.1. The highest BCUT2D eigenvalue weighted by Crippen LogP contribution is 2.24. The number of aryl methyl sites for hydroxylation is 1. The smallest absolute Gasteiger partial charge is 0.242 e. The molecule has 0 fully saturated rings. The minimum absolute atomic E-state index is 0.0186. The third-order valence-electron chi connectivity index (χ3n) is 4.33. The van der Waals surface area contributed by atoms with Gasteiger partial charge in [-0.2, -0.15) is 4.72 Å². The highest BCUT2D eigenvalue weighted by Gasteiger charge is 2.15. The summed E-state index contributed by atoms with van der Waals surface area (Å²) in [5, 5.41) is 0.897. The van der Waals surface area contributed by atoms with Gasteiger partial charge in [-0.1, -0.05) is 38.5 Å². The lowest BCUT2D eigenvalue weighted by atomic mass is 10.0. The maximum absolute atomic E-state index is 12.5. The Morgan fingerprint density at radius 1 is 1.23 bits per heavy atom. The molecule has 1 N–H and O–H groups in total. The van der Waals surface area contributed by atoms with Crippen molar-refractivity contribution in [2.75, 3.05) is 13.3 Å². The van der Waals surface area contributed by atoms with Crippen LogP contribution >= 0.6 is 11.3 Å². The van der Waals surface area contributed by atoms with E-state index in [1.54, 1.807) is 18.2 Å². The molecule has 1 heterocycles. The van der Waals surface area contributed by atoms with Gasteiger partial charge in [-0.25, -0.2) is 13.4 Å². The van der Waals surface area contributed by atoms with Crippen molar-refractivity contribution in [1.29, 1.82) is 0 Å². The summed E-state index contributed by atoms with van der Waals surface area (Å²) in [6.07, 6.45) is 10.5. The van der Waals surface area contributed by atoms with Crippen LogP contribution < -0.4 is 4.72 Å². The van der Waals surface area contributed by atoms with Crippen LogP contribution in [0.1, 0.15) is 44.0 Å². The number of fused-ring (bicyclic) bond motifs is 1. The first-order valence-corrected chi connectivity index (χ1v) is 12.2. The Balaban J connectivity index is 1.90. The van der Waals surface area contributed by atoms with Crippen LogP contribution in [-0.2, 0) is 14.8 Å². The number of thiazole rings is 1. The van der Waals surface area contributed by atoms with Crippen molar-refractivity contribution < 1.29 is 13.2 Å². The molecule has 0 saturated carbocycles. The molecule has 0 aliphatic carbocycles. The van der Waals surface area contributed by atoms with Gasteiger partial charge in [-0.3, -0.25) is 0 Å². The molecule has 0 spiro atoms. The molecule has 0 radical (unpaired) electrons. The molecule has 2 rings (SSSR count). The number of sulfonamides is 1. The summed E-state index contributed by atoms with van der Waals surface area (Å²) >= 11 is 1.46. The summed E-state index contributed by atoms with van der Waals surface area (Å²) in [6, 6.07) is 4.90. The first-order valence-electron chi connectivity index (χ1n) is 9.87. The van der Waals surface area contributed by atoms with E-state index in [1.807, 2.05) is 6.92 Å². The van der Waals surface area contributed by atoms with E-state index in [1.165, 1.54) is 17.8 Å². The van der Waals surface area contributed by atoms with E-state index in [0.29, 0.717) is 6.61 Å². The Hall–Kier alpha value is -2.34. The van der Waals surface area contributed by atoms with Gasteiger partial charge < -0.3 is 4.74 Å². The van der Waals surface area contributed by atoms with Gasteiger partial charge in [0.2, 0.25) is 10.0 Å². The minimum atomic E-state index is -3.67. The van der Waals surface area contributed by atoms with E-state index >= 15 is 0 Å². The van der Waals surface area contributed by atoms with Crippen LogP contribution in [0, 0.1) is 48.9 Å². The number of unbranched alkanes of at least 4 members (excludes halogenated alkanes) is 3. The third-order valence-corrected chi connectivity index (χ3v) is 6.63. The van der Waals surface area contributed by atoms with Gasteiger partial charge in [0.1, 0.15) is 6.73 Å². The van der Waals surface area contributed by atoms with Crippen LogP contribution in [0.3, 0.4) is 0 Å². The number of rotatable bonds is 11. The van der Waals surface area contributed by atoms with Crippen LogP contribution in [0.15, 0.2) is 23.1 Å². The molecule has 0 aliphatic heterocycles.